The average molecular weight is 524 g/mol. The van der Waals surface area contributed by atoms with E-state index in [4.69, 9.17) is 13.6 Å². The number of nitrogens with zero attached hydrogens (tertiary/aromatic N) is 3. The van der Waals surface area contributed by atoms with Gasteiger partial charge in [-0.1, -0.05) is 18.7 Å². The molecule has 3 aromatic heterocycles. The minimum atomic E-state index is -3.77. The molecule has 192 valence electrons. The molecule has 0 aliphatic heterocycles. The topological polar surface area (TPSA) is 105 Å². The molecule has 0 aliphatic carbocycles. The second kappa shape index (κ2) is 11.6. The Bertz CT molecular complexity index is 1480. The number of rotatable bonds is 11. The van der Waals surface area contributed by atoms with E-state index in [0.717, 1.165) is 11.1 Å². The highest BCUT2D eigenvalue weighted by atomic mass is 31.2. The fourth-order valence-electron chi connectivity index (χ4n) is 3.76. The number of hydrogen-bond acceptors (Lipinski definition) is 7. The minimum absolute atomic E-state index is 0.152. The van der Waals surface area contributed by atoms with Gasteiger partial charge in [0, 0.05) is 46.9 Å². The van der Waals surface area contributed by atoms with Crippen molar-refractivity contribution in [2.24, 2.45) is 0 Å². The number of anilines is 1. The van der Waals surface area contributed by atoms with Crippen LogP contribution in [0.25, 0.3) is 33.3 Å². The summed E-state index contributed by atoms with van der Waals surface area (Å²) < 4.78 is 44.4. The van der Waals surface area contributed by atoms with Crippen LogP contribution in [0.5, 0.6) is 0 Å². The third-order valence-corrected chi connectivity index (χ3v) is 6.91. The standard InChI is InChI=1S/C26H26FN4O5P/c1-4-25(32)30-21-9-7-8-18(12-21)20-13-22-23(19-10-11-28-24(27)14-19)16-31(26(22)29-15-20)17-36-37(33,34-5-2)35-6-3/h4,7-16H,1,5-6,17H2,2-3H3,(H,30,32). The van der Waals surface area contributed by atoms with E-state index in [1.807, 2.05) is 24.3 Å². The Morgan fingerprint density at radius 1 is 1.08 bits per heavy atom. The van der Waals surface area contributed by atoms with Gasteiger partial charge in [-0.05, 0) is 55.3 Å². The van der Waals surface area contributed by atoms with Gasteiger partial charge in [-0.15, -0.1) is 0 Å². The molecular formula is C26H26FN4O5P. The van der Waals surface area contributed by atoms with Crippen molar-refractivity contribution in [3.05, 3.63) is 79.7 Å². The van der Waals surface area contributed by atoms with Crippen molar-refractivity contribution in [1.82, 2.24) is 14.5 Å². The highest BCUT2D eigenvalue weighted by molar-refractivity contribution is 7.48. The first-order chi connectivity index (χ1) is 17.9. The van der Waals surface area contributed by atoms with Gasteiger partial charge in [-0.3, -0.25) is 18.4 Å². The molecule has 3 heterocycles. The normalized spacial score (nSPS) is 11.5. The van der Waals surface area contributed by atoms with Crippen LogP contribution in [0.15, 0.2) is 73.7 Å². The maximum Gasteiger partial charge on any atom is 0.476 e. The van der Waals surface area contributed by atoms with E-state index in [9.17, 15) is 13.8 Å². The molecule has 9 nitrogen and oxygen atoms in total. The zero-order valence-electron chi connectivity index (χ0n) is 20.4. The maximum absolute atomic E-state index is 14.0. The lowest BCUT2D eigenvalue weighted by atomic mass is 10.0. The fourth-order valence-corrected chi connectivity index (χ4v) is 4.88. The Morgan fingerprint density at radius 3 is 2.57 bits per heavy atom. The Labute approximate surface area is 213 Å². The number of benzene rings is 1. The molecule has 11 heteroatoms. The number of amides is 1. The molecule has 0 unspecified atom stereocenters. The quantitative estimate of drug-likeness (QED) is 0.142. The van der Waals surface area contributed by atoms with Crippen molar-refractivity contribution >= 4 is 30.5 Å². The molecule has 37 heavy (non-hydrogen) atoms. The van der Waals surface area contributed by atoms with Gasteiger partial charge in [0.1, 0.15) is 12.4 Å². The Kier molecular flexibility index (Phi) is 8.25. The molecule has 4 rings (SSSR count). The van der Waals surface area contributed by atoms with Crippen LogP contribution in [0.2, 0.25) is 0 Å². The lowest BCUT2D eigenvalue weighted by Crippen LogP contribution is -2.07. The summed E-state index contributed by atoms with van der Waals surface area (Å²) in [5.74, 6) is -0.942. The minimum Gasteiger partial charge on any atom is -0.323 e. The first kappa shape index (κ1) is 26.4. The number of fused-ring (bicyclic) bond motifs is 1. The third-order valence-electron chi connectivity index (χ3n) is 5.33. The first-order valence-electron chi connectivity index (χ1n) is 11.5. The fraction of sp³-hybridized carbons (Fsp3) is 0.192. The first-order valence-corrected chi connectivity index (χ1v) is 13.0. The van der Waals surface area contributed by atoms with Crippen molar-refractivity contribution in [3.8, 4) is 22.3 Å². The SMILES string of the molecule is C=CC(=O)Nc1cccc(-c2cnc3c(c2)c(-c2ccnc(F)c2)cn3COP(=O)(OCC)OCC)c1. The average Bonchev–Trinajstić information content (AvgIpc) is 3.26. The van der Waals surface area contributed by atoms with E-state index in [-0.39, 0.29) is 25.9 Å². The number of carbonyl (C=O) groups is 1. The van der Waals surface area contributed by atoms with Gasteiger partial charge in [-0.2, -0.15) is 4.39 Å². The second-order valence-corrected chi connectivity index (χ2v) is 9.46. The van der Waals surface area contributed by atoms with Gasteiger partial charge < -0.3 is 9.88 Å². The zero-order valence-corrected chi connectivity index (χ0v) is 21.3. The van der Waals surface area contributed by atoms with Crippen molar-refractivity contribution in [3.63, 3.8) is 0 Å². The summed E-state index contributed by atoms with van der Waals surface area (Å²) in [5.41, 5.74) is 3.96. The number of halogens is 1. The predicted molar refractivity (Wildman–Crippen MR) is 139 cm³/mol. The third kappa shape index (κ3) is 6.18. The molecule has 4 aromatic rings. The van der Waals surface area contributed by atoms with Gasteiger partial charge >= 0.3 is 7.82 Å². The lowest BCUT2D eigenvalue weighted by molar-refractivity contribution is -0.111. The molecule has 0 fully saturated rings. The van der Waals surface area contributed by atoms with Crippen molar-refractivity contribution in [2.75, 3.05) is 18.5 Å². The molecule has 0 atom stereocenters. The van der Waals surface area contributed by atoms with Crippen LogP contribution >= 0.6 is 7.82 Å². The number of pyridine rings is 2. The van der Waals surface area contributed by atoms with Gasteiger partial charge in [-0.25, -0.2) is 14.5 Å². The molecule has 0 saturated heterocycles. The largest absolute Gasteiger partial charge is 0.476 e. The monoisotopic (exact) mass is 524 g/mol. The molecule has 0 spiro atoms. The number of hydrogen-bond donors (Lipinski definition) is 1. The molecule has 1 amide bonds. The van der Waals surface area contributed by atoms with Gasteiger partial charge in [0.15, 0.2) is 0 Å². The van der Waals surface area contributed by atoms with Crippen LogP contribution in [0.4, 0.5) is 10.1 Å². The summed E-state index contributed by atoms with van der Waals surface area (Å²) in [5, 5.41) is 3.44. The molecule has 0 bridgehead atoms. The van der Waals surface area contributed by atoms with Crippen LogP contribution in [0.3, 0.4) is 0 Å². The lowest BCUT2D eigenvalue weighted by Gasteiger charge is -2.16. The smallest absolute Gasteiger partial charge is 0.323 e. The summed E-state index contributed by atoms with van der Waals surface area (Å²) in [7, 11) is -3.77. The van der Waals surface area contributed by atoms with E-state index < -0.39 is 13.8 Å². The number of carbonyl (C=O) groups excluding carboxylic acids is 1. The molecular weight excluding hydrogens is 498 g/mol. The number of phosphoric ester groups is 1. The Hall–Kier alpha value is -3.69. The van der Waals surface area contributed by atoms with E-state index in [1.54, 1.807) is 42.9 Å². The molecule has 0 aliphatic rings. The Morgan fingerprint density at radius 2 is 1.86 bits per heavy atom. The van der Waals surface area contributed by atoms with Crippen molar-refractivity contribution < 1.29 is 27.3 Å². The molecule has 0 saturated carbocycles. The second-order valence-electron chi connectivity index (χ2n) is 7.79. The van der Waals surface area contributed by atoms with Gasteiger partial charge in [0.05, 0.1) is 13.2 Å². The van der Waals surface area contributed by atoms with Crippen LogP contribution in [-0.4, -0.2) is 33.7 Å². The summed E-state index contributed by atoms with van der Waals surface area (Å²) in [4.78, 5) is 20.0. The van der Waals surface area contributed by atoms with E-state index in [0.29, 0.717) is 27.8 Å². The van der Waals surface area contributed by atoms with Crippen LogP contribution in [0, 0.1) is 5.95 Å². The number of nitrogens with one attached hydrogen (secondary N) is 1. The van der Waals surface area contributed by atoms with Gasteiger partial charge in [0.25, 0.3) is 0 Å². The summed E-state index contributed by atoms with van der Waals surface area (Å²) in [6.45, 7) is 6.99. The maximum atomic E-state index is 14.0. The zero-order chi connectivity index (χ0) is 26.4. The van der Waals surface area contributed by atoms with E-state index >= 15 is 0 Å². The van der Waals surface area contributed by atoms with Crippen LogP contribution in [0.1, 0.15) is 13.8 Å². The summed E-state index contributed by atoms with van der Waals surface area (Å²) >= 11 is 0. The molecule has 0 radical (unpaired) electrons. The summed E-state index contributed by atoms with van der Waals surface area (Å²) in [6.07, 6.45) is 5.99. The predicted octanol–water partition coefficient (Wildman–Crippen LogP) is 6.18. The summed E-state index contributed by atoms with van der Waals surface area (Å²) in [6, 6.07) is 12.2. The molecule has 1 N–H and O–H groups in total. The van der Waals surface area contributed by atoms with E-state index in [2.05, 4.69) is 21.9 Å². The van der Waals surface area contributed by atoms with Crippen LogP contribution in [-0.2, 0) is 29.7 Å². The van der Waals surface area contributed by atoms with Crippen molar-refractivity contribution in [2.45, 2.75) is 20.6 Å². The van der Waals surface area contributed by atoms with Crippen molar-refractivity contribution in [1.29, 1.82) is 0 Å². The number of aromatic nitrogens is 3. The van der Waals surface area contributed by atoms with Crippen LogP contribution < -0.4 is 5.32 Å². The van der Waals surface area contributed by atoms with Gasteiger partial charge in [0.2, 0.25) is 11.9 Å². The van der Waals surface area contributed by atoms with E-state index in [1.165, 1.54) is 18.3 Å². The number of phosphoric acid groups is 1. The Balaban J connectivity index is 1.78. The highest BCUT2D eigenvalue weighted by Crippen LogP contribution is 2.49. The molecule has 1 aromatic carbocycles. The highest BCUT2D eigenvalue weighted by Gasteiger charge is 2.26.